The number of hydrogen-bond donors (Lipinski definition) is 1. The van der Waals surface area contributed by atoms with Crippen LogP contribution >= 0.6 is 0 Å². The molecule has 0 radical (unpaired) electrons. The molecular formula is C18H17N3O4. The van der Waals surface area contributed by atoms with Gasteiger partial charge in [0.25, 0.3) is 5.91 Å². The molecule has 0 atom stereocenters. The zero-order valence-corrected chi connectivity index (χ0v) is 13.5. The number of anilines is 2. The minimum atomic E-state index is -0.962. The zero-order chi connectivity index (χ0) is 17.4. The van der Waals surface area contributed by atoms with Gasteiger partial charge in [-0.15, -0.1) is 0 Å². The standard InChI is InChI=1S/C18H17N3O4/c22-17(20-9-1-2-10-20)14-7-8-15-16(19-14)25-11-21(15)13-5-3-12(4-6-13)18(23)24/h3-8H,1-2,9-11H2,(H,23,24). The van der Waals surface area contributed by atoms with Crippen LogP contribution in [0.4, 0.5) is 11.4 Å². The number of benzene rings is 1. The highest BCUT2D eigenvalue weighted by Gasteiger charge is 2.27. The number of amides is 1. The van der Waals surface area contributed by atoms with Crippen LogP contribution in [0, 0.1) is 0 Å². The summed E-state index contributed by atoms with van der Waals surface area (Å²) in [5.74, 6) is -0.600. The fourth-order valence-corrected chi connectivity index (χ4v) is 3.14. The van der Waals surface area contributed by atoms with E-state index in [1.807, 2.05) is 15.9 Å². The van der Waals surface area contributed by atoms with Crippen molar-refractivity contribution in [3.05, 3.63) is 47.7 Å². The predicted octanol–water partition coefficient (Wildman–Crippen LogP) is 2.50. The highest BCUT2D eigenvalue weighted by atomic mass is 16.5. The molecule has 1 aromatic carbocycles. The van der Waals surface area contributed by atoms with E-state index in [1.165, 1.54) is 0 Å². The first-order valence-electron chi connectivity index (χ1n) is 8.17. The van der Waals surface area contributed by atoms with Gasteiger partial charge in [-0.3, -0.25) is 4.79 Å². The van der Waals surface area contributed by atoms with Crippen molar-refractivity contribution in [3.8, 4) is 5.88 Å². The van der Waals surface area contributed by atoms with Crippen molar-refractivity contribution < 1.29 is 19.4 Å². The lowest BCUT2D eigenvalue weighted by molar-refractivity contribution is 0.0696. The van der Waals surface area contributed by atoms with Gasteiger partial charge in [0.05, 0.1) is 5.56 Å². The van der Waals surface area contributed by atoms with Crippen LogP contribution < -0.4 is 9.64 Å². The van der Waals surface area contributed by atoms with Crippen molar-refractivity contribution in [2.24, 2.45) is 0 Å². The Bertz CT molecular complexity index is 829. The first-order chi connectivity index (χ1) is 12.1. The smallest absolute Gasteiger partial charge is 0.335 e. The van der Waals surface area contributed by atoms with E-state index in [0.717, 1.165) is 37.3 Å². The third-order valence-electron chi connectivity index (χ3n) is 4.50. The molecule has 4 rings (SSSR count). The number of nitrogens with zero attached hydrogens (tertiary/aromatic N) is 3. The average Bonchev–Trinajstić information content (AvgIpc) is 3.30. The maximum atomic E-state index is 12.4. The molecule has 1 amide bonds. The number of aromatic nitrogens is 1. The first kappa shape index (κ1) is 15.4. The Balaban J connectivity index is 1.58. The molecule has 7 heteroatoms. The lowest BCUT2D eigenvalue weighted by Gasteiger charge is -2.17. The summed E-state index contributed by atoms with van der Waals surface area (Å²) in [6.45, 7) is 1.83. The summed E-state index contributed by atoms with van der Waals surface area (Å²) in [6.07, 6.45) is 2.07. The monoisotopic (exact) mass is 339 g/mol. The van der Waals surface area contributed by atoms with E-state index < -0.39 is 5.97 Å². The summed E-state index contributed by atoms with van der Waals surface area (Å²) in [5.41, 5.74) is 2.20. The zero-order valence-electron chi connectivity index (χ0n) is 13.5. The fourth-order valence-electron chi connectivity index (χ4n) is 3.14. The van der Waals surface area contributed by atoms with Crippen molar-refractivity contribution in [2.45, 2.75) is 12.8 Å². The Labute approximate surface area is 144 Å². The number of rotatable bonds is 3. The molecule has 2 aromatic rings. The summed E-state index contributed by atoms with van der Waals surface area (Å²) in [7, 11) is 0. The molecular weight excluding hydrogens is 322 g/mol. The highest BCUT2D eigenvalue weighted by Crippen LogP contribution is 2.37. The average molecular weight is 339 g/mol. The van der Waals surface area contributed by atoms with Crippen LogP contribution in [0.25, 0.3) is 0 Å². The number of carbonyl (C=O) groups excluding carboxylic acids is 1. The van der Waals surface area contributed by atoms with Crippen molar-refractivity contribution in [1.82, 2.24) is 9.88 Å². The molecule has 2 aliphatic rings. The molecule has 0 unspecified atom stereocenters. The lowest BCUT2D eigenvalue weighted by atomic mass is 10.2. The van der Waals surface area contributed by atoms with Crippen LogP contribution in [0.3, 0.4) is 0 Å². The van der Waals surface area contributed by atoms with Crippen LogP contribution in [0.2, 0.25) is 0 Å². The number of carboxylic acids is 1. The second-order valence-electron chi connectivity index (χ2n) is 6.07. The van der Waals surface area contributed by atoms with Gasteiger partial charge in [0.2, 0.25) is 5.88 Å². The molecule has 1 saturated heterocycles. The van der Waals surface area contributed by atoms with Gasteiger partial charge in [-0.25, -0.2) is 9.78 Å². The number of ether oxygens (including phenoxy) is 1. The van der Waals surface area contributed by atoms with Crippen molar-refractivity contribution >= 4 is 23.3 Å². The van der Waals surface area contributed by atoms with E-state index in [1.54, 1.807) is 30.3 Å². The molecule has 0 bridgehead atoms. The predicted molar refractivity (Wildman–Crippen MR) is 90.4 cm³/mol. The van der Waals surface area contributed by atoms with Crippen LogP contribution in [0.15, 0.2) is 36.4 Å². The van der Waals surface area contributed by atoms with Gasteiger partial charge in [-0.1, -0.05) is 0 Å². The number of carboxylic acid groups (broad SMARTS) is 1. The molecule has 2 aliphatic heterocycles. The van der Waals surface area contributed by atoms with Crippen LogP contribution in [-0.4, -0.2) is 46.7 Å². The maximum Gasteiger partial charge on any atom is 0.335 e. The Morgan fingerprint density at radius 2 is 1.76 bits per heavy atom. The Morgan fingerprint density at radius 3 is 2.44 bits per heavy atom. The summed E-state index contributed by atoms with van der Waals surface area (Å²) in [6, 6.07) is 10.1. The minimum Gasteiger partial charge on any atom is -0.478 e. The number of carbonyl (C=O) groups is 2. The van der Waals surface area contributed by atoms with E-state index >= 15 is 0 Å². The summed E-state index contributed by atoms with van der Waals surface area (Å²) in [5, 5.41) is 8.99. The molecule has 25 heavy (non-hydrogen) atoms. The fraction of sp³-hybridized carbons (Fsp3) is 0.278. The van der Waals surface area contributed by atoms with Crippen LogP contribution in [-0.2, 0) is 0 Å². The number of fused-ring (bicyclic) bond motifs is 1. The highest BCUT2D eigenvalue weighted by molar-refractivity contribution is 5.93. The molecule has 3 heterocycles. The number of pyridine rings is 1. The maximum absolute atomic E-state index is 12.4. The van der Waals surface area contributed by atoms with Gasteiger partial charge in [-0.2, -0.15) is 0 Å². The van der Waals surface area contributed by atoms with Gasteiger partial charge in [0.15, 0.2) is 6.73 Å². The van der Waals surface area contributed by atoms with Gasteiger partial charge >= 0.3 is 5.97 Å². The molecule has 0 spiro atoms. The SMILES string of the molecule is O=C(O)c1ccc(N2COc3nc(C(=O)N4CCCC4)ccc32)cc1. The second kappa shape index (κ2) is 6.08. The van der Waals surface area contributed by atoms with E-state index in [9.17, 15) is 9.59 Å². The van der Waals surface area contributed by atoms with Crippen molar-refractivity contribution in [1.29, 1.82) is 0 Å². The van der Waals surface area contributed by atoms with E-state index in [0.29, 0.717) is 11.6 Å². The first-order valence-corrected chi connectivity index (χ1v) is 8.17. The molecule has 0 aliphatic carbocycles. The van der Waals surface area contributed by atoms with Gasteiger partial charge in [-0.05, 0) is 49.2 Å². The normalized spacial score (nSPS) is 15.8. The summed E-state index contributed by atoms with van der Waals surface area (Å²) in [4.78, 5) is 31.5. The van der Waals surface area contributed by atoms with Crippen LogP contribution in [0.5, 0.6) is 5.88 Å². The quantitative estimate of drug-likeness (QED) is 0.925. The summed E-state index contributed by atoms with van der Waals surface area (Å²) >= 11 is 0. The minimum absolute atomic E-state index is 0.0619. The topological polar surface area (TPSA) is 83.0 Å². The van der Waals surface area contributed by atoms with Crippen molar-refractivity contribution in [2.75, 3.05) is 24.7 Å². The Hall–Kier alpha value is -3.09. The van der Waals surface area contributed by atoms with Gasteiger partial charge < -0.3 is 19.6 Å². The molecule has 1 fully saturated rings. The number of likely N-dealkylation sites (tertiary alicyclic amines) is 1. The third-order valence-corrected chi connectivity index (χ3v) is 4.50. The van der Waals surface area contributed by atoms with Crippen molar-refractivity contribution in [3.63, 3.8) is 0 Å². The number of hydrogen-bond acceptors (Lipinski definition) is 5. The third kappa shape index (κ3) is 2.77. The Morgan fingerprint density at radius 1 is 1.04 bits per heavy atom. The molecule has 128 valence electrons. The van der Waals surface area contributed by atoms with Crippen LogP contribution in [0.1, 0.15) is 33.7 Å². The second-order valence-corrected chi connectivity index (χ2v) is 6.07. The molecule has 1 N–H and O–H groups in total. The van der Waals surface area contributed by atoms with Gasteiger partial charge in [0, 0.05) is 18.8 Å². The lowest BCUT2D eigenvalue weighted by Crippen LogP contribution is -2.28. The summed E-state index contributed by atoms with van der Waals surface area (Å²) < 4.78 is 5.62. The Kier molecular flexibility index (Phi) is 3.76. The van der Waals surface area contributed by atoms with E-state index in [4.69, 9.17) is 9.84 Å². The largest absolute Gasteiger partial charge is 0.478 e. The molecule has 7 nitrogen and oxygen atoms in total. The van der Waals surface area contributed by atoms with E-state index in [2.05, 4.69) is 4.98 Å². The van der Waals surface area contributed by atoms with Gasteiger partial charge in [0.1, 0.15) is 11.4 Å². The molecule has 1 aromatic heterocycles. The molecule has 0 saturated carbocycles. The van der Waals surface area contributed by atoms with E-state index in [-0.39, 0.29) is 18.2 Å². The number of aromatic carboxylic acids is 1.